The number of aromatic nitrogens is 5. The Bertz CT molecular complexity index is 1270. The van der Waals surface area contributed by atoms with Gasteiger partial charge in [-0.15, -0.1) is 0 Å². The van der Waals surface area contributed by atoms with Gasteiger partial charge in [-0.1, -0.05) is 46.3 Å². The van der Waals surface area contributed by atoms with Gasteiger partial charge in [-0.25, -0.2) is 4.98 Å². The molecule has 0 aliphatic carbocycles. The van der Waals surface area contributed by atoms with Crippen LogP contribution in [0.4, 0.5) is 5.69 Å². The monoisotopic (exact) mass is 444 g/mol. The number of aromatic amines is 2. The summed E-state index contributed by atoms with van der Waals surface area (Å²) in [4.78, 5) is 4.70. The molecule has 0 atom stereocenters. The minimum atomic E-state index is 0.674. The van der Waals surface area contributed by atoms with E-state index in [0.717, 1.165) is 38.0 Å². The van der Waals surface area contributed by atoms with Crippen molar-refractivity contribution in [3.05, 3.63) is 83.0 Å². The molecule has 0 bridgehead atoms. The maximum absolute atomic E-state index is 4.70. The van der Waals surface area contributed by atoms with Crippen molar-refractivity contribution in [1.82, 2.24) is 25.4 Å². The summed E-state index contributed by atoms with van der Waals surface area (Å²) in [6.07, 6.45) is 1.84. The number of H-pyrrole nitrogens is 2. The Balaban J connectivity index is 1.40. The minimum Gasteiger partial charge on any atom is -0.380 e. The Kier molecular flexibility index (Phi) is 4.57. The highest BCUT2D eigenvalue weighted by Gasteiger charge is 2.11. The Morgan fingerprint density at radius 1 is 0.931 bits per heavy atom. The van der Waals surface area contributed by atoms with E-state index >= 15 is 0 Å². The summed E-state index contributed by atoms with van der Waals surface area (Å²) in [5, 5.41) is 19.1. The second-order valence-electron chi connectivity index (χ2n) is 6.71. The second-order valence-corrected chi connectivity index (χ2v) is 7.62. The fourth-order valence-electron chi connectivity index (χ4n) is 3.25. The molecule has 0 saturated carbocycles. The highest BCUT2D eigenvalue weighted by molar-refractivity contribution is 9.10. The van der Waals surface area contributed by atoms with Gasteiger partial charge in [-0.05, 0) is 42.0 Å². The first-order valence-corrected chi connectivity index (χ1v) is 9.99. The molecule has 5 rings (SSSR count). The third-order valence-corrected chi connectivity index (χ3v) is 5.29. The predicted octanol–water partition coefficient (Wildman–Crippen LogP) is 5.39. The van der Waals surface area contributed by atoms with E-state index in [4.69, 9.17) is 4.98 Å². The summed E-state index contributed by atoms with van der Waals surface area (Å²) in [6, 6.07) is 22.3. The highest BCUT2D eigenvalue weighted by atomic mass is 79.9. The number of hydrogen-bond donors (Lipinski definition) is 3. The van der Waals surface area contributed by atoms with E-state index in [9.17, 15) is 0 Å². The number of anilines is 1. The van der Waals surface area contributed by atoms with Crippen LogP contribution in [0.2, 0.25) is 0 Å². The van der Waals surface area contributed by atoms with Crippen LogP contribution < -0.4 is 5.32 Å². The summed E-state index contributed by atoms with van der Waals surface area (Å²) in [5.41, 5.74) is 5.17. The lowest BCUT2D eigenvalue weighted by Crippen LogP contribution is -2.01. The topological polar surface area (TPSA) is 82.3 Å². The van der Waals surface area contributed by atoms with E-state index in [0.29, 0.717) is 12.4 Å². The van der Waals surface area contributed by atoms with Crippen molar-refractivity contribution < 1.29 is 0 Å². The molecule has 7 heteroatoms. The first kappa shape index (κ1) is 17.6. The SMILES string of the molecule is Brc1ccc(-c2n[nH]c(-c3ccccc3NCc3ccc4[nH]ncc4c3)n2)cc1. The molecule has 2 heterocycles. The van der Waals surface area contributed by atoms with Crippen LogP contribution in [0, 0.1) is 0 Å². The van der Waals surface area contributed by atoms with Gasteiger partial charge < -0.3 is 5.32 Å². The summed E-state index contributed by atoms with van der Waals surface area (Å²) < 4.78 is 1.03. The minimum absolute atomic E-state index is 0.674. The predicted molar refractivity (Wildman–Crippen MR) is 118 cm³/mol. The first-order chi connectivity index (χ1) is 14.3. The highest BCUT2D eigenvalue weighted by Crippen LogP contribution is 2.28. The Labute approximate surface area is 175 Å². The normalized spacial score (nSPS) is 11.1. The Morgan fingerprint density at radius 2 is 1.79 bits per heavy atom. The van der Waals surface area contributed by atoms with Gasteiger partial charge in [0.05, 0.1) is 11.7 Å². The smallest absolute Gasteiger partial charge is 0.181 e. The second kappa shape index (κ2) is 7.52. The first-order valence-electron chi connectivity index (χ1n) is 9.20. The molecular weight excluding hydrogens is 428 g/mol. The van der Waals surface area contributed by atoms with Crippen molar-refractivity contribution in [2.24, 2.45) is 0 Å². The maximum atomic E-state index is 4.70. The molecule has 0 aliphatic rings. The number of para-hydroxylation sites is 1. The number of nitrogens with zero attached hydrogens (tertiary/aromatic N) is 3. The van der Waals surface area contributed by atoms with Gasteiger partial charge in [0, 0.05) is 33.2 Å². The lowest BCUT2D eigenvalue weighted by Gasteiger charge is -2.10. The van der Waals surface area contributed by atoms with Crippen LogP contribution in [-0.2, 0) is 6.54 Å². The van der Waals surface area contributed by atoms with E-state index < -0.39 is 0 Å². The van der Waals surface area contributed by atoms with Crippen LogP contribution >= 0.6 is 15.9 Å². The molecule has 5 aromatic rings. The number of benzene rings is 3. The molecule has 29 heavy (non-hydrogen) atoms. The Hall–Kier alpha value is -3.45. The van der Waals surface area contributed by atoms with E-state index in [1.807, 2.05) is 60.8 Å². The number of nitrogens with one attached hydrogen (secondary N) is 3. The zero-order valence-electron chi connectivity index (χ0n) is 15.4. The largest absolute Gasteiger partial charge is 0.380 e. The molecule has 3 N–H and O–H groups in total. The van der Waals surface area contributed by atoms with E-state index in [-0.39, 0.29) is 0 Å². The summed E-state index contributed by atoms with van der Waals surface area (Å²) in [7, 11) is 0. The van der Waals surface area contributed by atoms with E-state index in [1.165, 1.54) is 5.56 Å². The van der Waals surface area contributed by atoms with Crippen LogP contribution in [0.1, 0.15) is 5.56 Å². The third kappa shape index (κ3) is 3.64. The molecule has 6 nitrogen and oxygen atoms in total. The number of fused-ring (bicyclic) bond motifs is 1. The maximum Gasteiger partial charge on any atom is 0.181 e. The Morgan fingerprint density at radius 3 is 2.69 bits per heavy atom. The molecule has 3 aromatic carbocycles. The molecule has 2 aromatic heterocycles. The van der Waals surface area contributed by atoms with Gasteiger partial charge in [0.25, 0.3) is 0 Å². The number of hydrogen-bond acceptors (Lipinski definition) is 4. The molecule has 0 spiro atoms. The number of rotatable bonds is 5. The van der Waals surface area contributed by atoms with Crippen LogP contribution in [0.5, 0.6) is 0 Å². The fraction of sp³-hybridized carbons (Fsp3) is 0.0455. The third-order valence-electron chi connectivity index (χ3n) is 4.76. The lowest BCUT2D eigenvalue weighted by molar-refractivity contribution is 1.10. The van der Waals surface area contributed by atoms with Gasteiger partial charge >= 0.3 is 0 Å². The average Bonchev–Trinajstić information content (AvgIpc) is 3.42. The fourth-order valence-corrected chi connectivity index (χ4v) is 3.52. The number of halogens is 1. The van der Waals surface area contributed by atoms with E-state index in [1.54, 1.807) is 0 Å². The zero-order chi connectivity index (χ0) is 19.6. The van der Waals surface area contributed by atoms with Crippen LogP contribution in [0.3, 0.4) is 0 Å². The van der Waals surface area contributed by atoms with Gasteiger partial charge in [-0.3, -0.25) is 10.2 Å². The van der Waals surface area contributed by atoms with Crippen molar-refractivity contribution >= 4 is 32.5 Å². The lowest BCUT2D eigenvalue weighted by atomic mass is 10.1. The summed E-state index contributed by atoms with van der Waals surface area (Å²) in [6.45, 7) is 0.700. The molecule has 0 radical (unpaired) electrons. The van der Waals surface area contributed by atoms with Crippen molar-refractivity contribution in [2.45, 2.75) is 6.54 Å². The molecule has 0 aliphatic heterocycles. The zero-order valence-corrected chi connectivity index (χ0v) is 16.9. The van der Waals surface area contributed by atoms with Crippen molar-refractivity contribution in [3.8, 4) is 22.8 Å². The van der Waals surface area contributed by atoms with E-state index in [2.05, 4.69) is 53.8 Å². The van der Waals surface area contributed by atoms with Gasteiger partial charge in [0.2, 0.25) is 0 Å². The average molecular weight is 445 g/mol. The van der Waals surface area contributed by atoms with Crippen LogP contribution in [-0.4, -0.2) is 25.4 Å². The summed E-state index contributed by atoms with van der Waals surface area (Å²) >= 11 is 3.45. The van der Waals surface area contributed by atoms with Gasteiger partial charge in [0.15, 0.2) is 11.6 Å². The van der Waals surface area contributed by atoms with Crippen molar-refractivity contribution in [3.63, 3.8) is 0 Å². The van der Waals surface area contributed by atoms with Crippen LogP contribution in [0.25, 0.3) is 33.7 Å². The molecular formula is C22H17BrN6. The van der Waals surface area contributed by atoms with Crippen LogP contribution in [0.15, 0.2) is 77.4 Å². The molecule has 0 amide bonds. The molecule has 0 saturated heterocycles. The van der Waals surface area contributed by atoms with Crippen molar-refractivity contribution in [2.75, 3.05) is 5.32 Å². The van der Waals surface area contributed by atoms with Gasteiger partial charge in [0.1, 0.15) is 0 Å². The molecule has 0 fully saturated rings. The van der Waals surface area contributed by atoms with Crippen molar-refractivity contribution in [1.29, 1.82) is 0 Å². The van der Waals surface area contributed by atoms with Gasteiger partial charge in [-0.2, -0.15) is 10.2 Å². The quantitative estimate of drug-likeness (QED) is 0.339. The molecule has 0 unspecified atom stereocenters. The standard InChI is InChI=1S/C22H17BrN6/c23-17-8-6-15(7-9-17)21-26-22(29-28-21)18-3-1-2-4-20(18)24-12-14-5-10-19-16(11-14)13-25-27-19/h1-11,13,24H,12H2,(H,25,27)(H,26,28,29). The summed E-state index contributed by atoms with van der Waals surface area (Å²) in [5.74, 6) is 1.41. The molecule has 142 valence electrons.